The lowest BCUT2D eigenvalue weighted by atomic mass is 10.0. The molecule has 3 aromatic rings. The summed E-state index contributed by atoms with van der Waals surface area (Å²) in [7, 11) is 0. The molecule has 2 aromatic carbocycles. The zero-order chi connectivity index (χ0) is 15.6. The Morgan fingerprint density at radius 3 is 2.30 bits per heavy atom. The molecular weight excluding hydrogens is 308 g/mol. The van der Waals surface area contributed by atoms with Crippen molar-refractivity contribution >= 4 is 28.2 Å². The maximum Gasteiger partial charge on any atom is 0.159 e. The molecular formula is C18H17ClN4. The van der Waals surface area contributed by atoms with E-state index >= 15 is 0 Å². The maximum absolute atomic E-state index is 6.00. The average molecular weight is 325 g/mol. The highest BCUT2D eigenvalue weighted by atomic mass is 35.5. The van der Waals surface area contributed by atoms with Crippen LogP contribution in [-0.4, -0.2) is 36.4 Å². The first-order chi connectivity index (χ1) is 11.3. The fourth-order valence-electron chi connectivity index (χ4n) is 3.02. The van der Waals surface area contributed by atoms with Gasteiger partial charge in [-0.15, -0.1) is 10.2 Å². The van der Waals surface area contributed by atoms with Crippen LogP contribution in [0.1, 0.15) is 0 Å². The summed E-state index contributed by atoms with van der Waals surface area (Å²) in [6.07, 6.45) is 0. The monoisotopic (exact) mass is 324 g/mol. The molecule has 1 aliphatic heterocycles. The first kappa shape index (κ1) is 14.4. The normalized spacial score (nSPS) is 15.1. The van der Waals surface area contributed by atoms with Crippen LogP contribution in [-0.2, 0) is 0 Å². The molecule has 0 aliphatic carbocycles. The van der Waals surface area contributed by atoms with Crippen molar-refractivity contribution < 1.29 is 0 Å². The number of hydrogen-bond donors (Lipinski definition) is 1. The third kappa shape index (κ3) is 2.76. The minimum Gasteiger partial charge on any atom is -0.352 e. The number of rotatable bonds is 2. The van der Waals surface area contributed by atoms with E-state index in [9.17, 15) is 0 Å². The molecule has 4 nitrogen and oxygen atoms in total. The molecule has 0 atom stereocenters. The summed E-state index contributed by atoms with van der Waals surface area (Å²) in [5.41, 5.74) is 1.93. The van der Waals surface area contributed by atoms with Gasteiger partial charge in [0.15, 0.2) is 5.82 Å². The van der Waals surface area contributed by atoms with Crippen molar-refractivity contribution in [2.75, 3.05) is 31.1 Å². The summed E-state index contributed by atoms with van der Waals surface area (Å²) in [6, 6.07) is 16.1. The average Bonchev–Trinajstić information content (AvgIpc) is 2.62. The number of hydrogen-bond acceptors (Lipinski definition) is 4. The molecule has 0 unspecified atom stereocenters. The number of piperazine rings is 1. The van der Waals surface area contributed by atoms with Crippen molar-refractivity contribution in [3.63, 3.8) is 0 Å². The first-order valence-corrected chi connectivity index (χ1v) is 8.18. The van der Waals surface area contributed by atoms with Crippen LogP contribution in [0.4, 0.5) is 5.82 Å². The van der Waals surface area contributed by atoms with Gasteiger partial charge in [0.2, 0.25) is 0 Å². The van der Waals surface area contributed by atoms with Crippen LogP contribution in [0, 0.1) is 0 Å². The van der Waals surface area contributed by atoms with Gasteiger partial charge < -0.3 is 10.2 Å². The van der Waals surface area contributed by atoms with E-state index in [4.69, 9.17) is 11.6 Å². The van der Waals surface area contributed by atoms with E-state index in [2.05, 4.69) is 38.6 Å². The Kier molecular flexibility index (Phi) is 3.85. The molecule has 0 spiro atoms. The van der Waals surface area contributed by atoms with Gasteiger partial charge in [0.25, 0.3) is 0 Å². The Morgan fingerprint density at radius 2 is 1.57 bits per heavy atom. The topological polar surface area (TPSA) is 41.1 Å². The Morgan fingerprint density at radius 1 is 0.870 bits per heavy atom. The molecule has 23 heavy (non-hydrogen) atoms. The second kappa shape index (κ2) is 6.14. The van der Waals surface area contributed by atoms with E-state index in [1.807, 2.05) is 30.3 Å². The summed E-state index contributed by atoms with van der Waals surface area (Å²) in [4.78, 5) is 2.30. The van der Waals surface area contributed by atoms with Crippen molar-refractivity contribution in [3.05, 3.63) is 53.6 Å². The zero-order valence-electron chi connectivity index (χ0n) is 12.7. The van der Waals surface area contributed by atoms with Gasteiger partial charge in [-0.2, -0.15) is 0 Å². The lowest BCUT2D eigenvalue weighted by Crippen LogP contribution is -2.44. The van der Waals surface area contributed by atoms with Crippen LogP contribution in [0.2, 0.25) is 5.02 Å². The molecule has 2 heterocycles. The molecule has 0 amide bonds. The molecule has 1 aliphatic rings. The first-order valence-electron chi connectivity index (χ1n) is 7.80. The molecule has 5 heteroatoms. The lowest BCUT2D eigenvalue weighted by molar-refractivity contribution is 0.584. The molecule has 0 radical (unpaired) electrons. The number of aromatic nitrogens is 2. The van der Waals surface area contributed by atoms with Crippen molar-refractivity contribution in [2.45, 2.75) is 0 Å². The van der Waals surface area contributed by atoms with Crippen LogP contribution < -0.4 is 10.2 Å². The van der Waals surface area contributed by atoms with Crippen LogP contribution in [0.3, 0.4) is 0 Å². The second-order valence-electron chi connectivity index (χ2n) is 5.66. The fraction of sp³-hybridized carbons (Fsp3) is 0.222. The molecule has 0 bridgehead atoms. The van der Waals surface area contributed by atoms with Gasteiger partial charge in [0.1, 0.15) is 5.69 Å². The van der Waals surface area contributed by atoms with Crippen molar-refractivity contribution in [3.8, 4) is 11.3 Å². The third-order valence-corrected chi connectivity index (χ3v) is 4.45. The summed E-state index contributed by atoms with van der Waals surface area (Å²) in [5, 5.41) is 15.4. The van der Waals surface area contributed by atoms with E-state index < -0.39 is 0 Å². The van der Waals surface area contributed by atoms with Crippen LogP contribution in [0.5, 0.6) is 0 Å². The number of nitrogens with one attached hydrogen (secondary N) is 1. The highest BCUT2D eigenvalue weighted by Gasteiger charge is 2.17. The van der Waals surface area contributed by atoms with E-state index in [-0.39, 0.29) is 0 Å². The minimum atomic E-state index is 0.725. The maximum atomic E-state index is 6.00. The SMILES string of the molecule is Clc1ccc(-c2nnc(N3CCNCC3)c3ccccc23)cc1. The minimum absolute atomic E-state index is 0.725. The zero-order valence-corrected chi connectivity index (χ0v) is 13.4. The van der Waals surface area contributed by atoms with E-state index in [1.165, 1.54) is 0 Å². The smallest absolute Gasteiger partial charge is 0.159 e. The van der Waals surface area contributed by atoms with Gasteiger partial charge in [0, 0.05) is 47.5 Å². The molecule has 0 saturated carbocycles. The van der Waals surface area contributed by atoms with Gasteiger partial charge in [-0.25, -0.2) is 0 Å². The summed E-state index contributed by atoms with van der Waals surface area (Å²) < 4.78 is 0. The molecule has 1 fully saturated rings. The van der Waals surface area contributed by atoms with Crippen molar-refractivity contribution in [1.82, 2.24) is 15.5 Å². The lowest BCUT2D eigenvalue weighted by Gasteiger charge is -2.29. The molecule has 4 rings (SSSR count). The quantitative estimate of drug-likeness (QED) is 0.785. The van der Waals surface area contributed by atoms with E-state index in [1.54, 1.807) is 0 Å². The largest absolute Gasteiger partial charge is 0.352 e. The number of fused-ring (bicyclic) bond motifs is 1. The van der Waals surface area contributed by atoms with Crippen LogP contribution in [0.25, 0.3) is 22.0 Å². The number of benzene rings is 2. The van der Waals surface area contributed by atoms with Crippen molar-refractivity contribution in [2.24, 2.45) is 0 Å². The van der Waals surface area contributed by atoms with Gasteiger partial charge in [-0.1, -0.05) is 48.0 Å². The summed E-state index contributed by atoms with van der Waals surface area (Å²) in [5.74, 6) is 0.972. The van der Waals surface area contributed by atoms with E-state index in [0.717, 1.165) is 59.0 Å². The van der Waals surface area contributed by atoms with Crippen LogP contribution >= 0.6 is 11.6 Å². The third-order valence-electron chi connectivity index (χ3n) is 4.20. The second-order valence-corrected chi connectivity index (χ2v) is 6.10. The van der Waals surface area contributed by atoms with Gasteiger partial charge in [-0.05, 0) is 12.1 Å². The van der Waals surface area contributed by atoms with Crippen LogP contribution in [0.15, 0.2) is 48.5 Å². The number of anilines is 1. The molecule has 116 valence electrons. The Balaban J connectivity index is 1.86. The fourth-order valence-corrected chi connectivity index (χ4v) is 3.15. The van der Waals surface area contributed by atoms with Gasteiger partial charge in [-0.3, -0.25) is 0 Å². The standard InChI is InChI=1S/C18H17ClN4/c19-14-7-5-13(6-8-14)17-15-3-1-2-4-16(15)18(22-21-17)23-11-9-20-10-12-23/h1-8,20H,9-12H2. The van der Waals surface area contributed by atoms with Gasteiger partial charge in [0.05, 0.1) is 0 Å². The number of nitrogens with zero attached hydrogens (tertiary/aromatic N) is 3. The van der Waals surface area contributed by atoms with Crippen molar-refractivity contribution in [1.29, 1.82) is 0 Å². The predicted molar refractivity (Wildman–Crippen MR) is 95.1 cm³/mol. The molecule has 1 saturated heterocycles. The predicted octanol–water partition coefficient (Wildman–Crippen LogP) is 3.36. The molecule has 1 aromatic heterocycles. The summed E-state index contributed by atoms with van der Waals surface area (Å²) in [6.45, 7) is 3.88. The Bertz CT molecular complexity index is 826. The highest BCUT2D eigenvalue weighted by molar-refractivity contribution is 6.30. The Labute approximate surface area is 140 Å². The molecule has 1 N–H and O–H groups in total. The Hall–Kier alpha value is -2.17. The number of halogens is 1. The highest BCUT2D eigenvalue weighted by Crippen LogP contribution is 2.31. The van der Waals surface area contributed by atoms with E-state index in [0.29, 0.717) is 0 Å². The van der Waals surface area contributed by atoms with Gasteiger partial charge >= 0.3 is 0 Å². The summed E-state index contributed by atoms with van der Waals surface area (Å²) >= 11 is 6.00.